The fourth-order valence-electron chi connectivity index (χ4n) is 2.46. The Balaban J connectivity index is 1.47. The fraction of sp³-hybridized carbons (Fsp3) is 0.364. The van der Waals surface area contributed by atoms with Gasteiger partial charge in [-0.3, -0.25) is 4.89 Å². The van der Waals surface area contributed by atoms with E-state index in [0.717, 1.165) is 34.1 Å². The molecule has 0 aliphatic rings. The number of oxazole rings is 1. The first kappa shape index (κ1) is 21.1. The van der Waals surface area contributed by atoms with Gasteiger partial charge in [-0.2, -0.15) is 4.89 Å². The van der Waals surface area contributed by atoms with E-state index in [1.54, 1.807) is 11.3 Å². The van der Waals surface area contributed by atoms with Gasteiger partial charge in [0.2, 0.25) is 5.89 Å². The molecule has 29 heavy (non-hydrogen) atoms. The summed E-state index contributed by atoms with van der Waals surface area (Å²) in [4.78, 5) is 27.0. The Morgan fingerprint density at radius 3 is 2.72 bits per heavy atom. The van der Waals surface area contributed by atoms with Crippen LogP contribution in [0.3, 0.4) is 0 Å². The molecule has 0 fully saturated rings. The normalized spacial score (nSPS) is 12.0. The van der Waals surface area contributed by atoms with Crippen molar-refractivity contribution >= 4 is 17.3 Å². The van der Waals surface area contributed by atoms with Crippen molar-refractivity contribution in [2.24, 2.45) is 0 Å². The van der Waals surface area contributed by atoms with E-state index in [4.69, 9.17) is 18.9 Å². The van der Waals surface area contributed by atoms with Crippen LogP contribution in [0.5, 0.6) is 5.75 Å². The average Bonchev–Trinajstić information content (AvgIpc) is 3.39. The van der Waals surface area contributed by atoms with Crippen LogP contribution in [0.25, 0.3) is 10.8 Å². The van der Waals surface area contributed by atoms with Crippen molar-refractivity contribution in [1.82, 2.24) is 4.98 Å². The Morgan fingerprint density at radius 2 is 2.03 bits per heavy atom. The summed E-state index contributed by atoms with van der Waals surface area (Å²) in [6.45, 7) is 6.04. The molecule has 1 unspecified atom stereocenters. The smallest absolute Gasteiger partial charge is 0.342 e. The number of thiophene rings is 1. The van der Waals surface area contributed by atoms with Gasteiger partial charge in [-0.15, -0.1) is 11.3 Å². The maximum absolute atomic E-state index is 11.7. The average molecular weight is 416 g/mol. The van der Waals surface area contributed by atoms with Crippen molar-refractivity contribution in [3.8, 4) is 16.5 Å². The molecule has 0 amide bonds. The largest absolute Gasteiger partial charge is 0.487 e. The van der Waals surface area contributed by atoms with Gasteiger partial charge in [-0.1, -0.05) is 25.1 Å². The second-order valence-electron chi connectivity index (χ2n) is 6.70. The van der Waals surface area contributed by atoms with Crippen LogP contribution in [0.2, 0.25) is 0 Å². The minimum atomic E-state index is -0.367. The molecule has 2 heterocycles. The van der Waals surface area contributed by atoms with Gasteiger partial charge in [0, 0.05) is 0 Å². The first-order chi connectivity index (χ1) is 14.0. The maximum Gasteiger partial charge on any atom is 0.342 e. The molecular formula is C22H25NO5S. The van der Waals surface area contributed by atoms with Gasteiger partial charge in [0.05, 0.1) is 11.3 Å². The molecule has 0 saturated carbocycles. The first-order valence-electron chi connectivity index (χ1n) is 9.63. The van der Waals surface area contributed by atoms with Crippen LogP contribution < -0.4 is 4.74 Å². The van der Waals surface area contributed by atoms with Crippen molar-refractivity contribution in [3.63, 3.8) is 0 Å². The Bertz CT molecular complexity index is 902. The van der Waals surface area contributed by atoms with Gasteiger partial charge in [0.25, 0.3) is 0 Å². The van der Waals surface area contributed by atoms with Crippen molar-refractivity contribution in [1.29, 1.82) is 0 Å². The fourth-order valence-corrected chi connectivity index (χ4v) is 3.11. The lowest BCUT2D eigenvalue weighted by Crippen LogP contribution is -2.13. The molecule has 3 aromatic rings. The summed E-state index contributed by atoms with van der Waals surface area (Å²) in [7, 11) is 0. The number of carbonyl (C=O) groups is 1. The molecule has 2 aromatic heterocycles. The van der Waals surface area contributed by atoms with E-state index in [9.17, 15) is 4.79 Å². The van der Waals surface area contributed by atoms with E-state index in [2.05, 4.69) is 4.98 Å². The van der Waals surface area contributed by atoms with Gasteiger partial charge < -0.3 is 9.15 Å². The highest BCUT2D eigenvalue weighted by Gasteiger charge is 2.13. The lowest BCUT2D eigenvalue weighted by Gasteiger charge is -2.09. The lowest BCUT2D eigenvalue weighted by atomic mass is 10.1. The number of nitrogens with zero attached hydrogens (tertiary/aromatic N) is 1. The highest BCUT2D eigenvalue weighted by atomic mass is 32.1. The summed E-state index contributed by atoms with van der Waals surface area (Å²) in [5.41, 5.74) is 1.80. The van der Waals surface area contributed by atoms with E-state index in [-0.39, 0.29) is 18.5 Å². The van der Waals surface area contributed by atoms with Crippen LogP contribution in [-0.4, -0.2) is 17.1 Å². The SMILES string of the molecule is CCC(C)OOC(=O)CCc1ccc(OCc2nc(-c3cccs3)oc2C)cc1. The van der Waals surface area contributed by atoms with Crippen LogP contribution in [-0.2, 0) is 27.6 Å². The Hall–Kier alpha value is -2.64. The van der Waals surface area contributed by atoms with Crippen LogP contribution in [0.15, 0.2) is 46.2 Å². The van der Waals surface area contributed by atoms with Crippen molar-refractivity contribution < 1.29 is 23.7 Å². The second kappa shape index (κ2) is 10.2. The van der Waals surface area contributed by atoms with Crippen LogP contribution in [0.1, 0.15) is 43.7 Å². The predicted octanol–water partition coefficient (Wildman–Crippen LogP) is 5.50. The van der Waals surface area contributed by atoms with Crippen LogP contribution >= 0.6 is 11.3 Å². The number of hydrogen-bond donors (Lipinski definition) is 0. The van der Waals surface area contributed by atoms with Gasteiger partial charge in [0.15, 0.2) is 0 Å². The van der Waals surface area contributed by atoms with Gasteiger partial charge in [0.1, 0.15) is 29.9 Å². The number of carbonyl (C=O) groups excluding carboxylic acids is 1. The minimum Gasteiger partial charge on any atom is -0.487 e. The summed E-state index contributed by atoms with van der Waals surface area (Å²) in [6, 6.07) is 11.6. The molecule has 0 aliphatic heterocycles. The molecule has 0 N–H and O–H groups in total. The van der Waals surface area contributed by atoms with Crippen molar-refractivity contribution in [3.05, 3.63) is 58.8 Å². The van der Waals surface area contributed by atoms with E-state index < -0.39 is 0 Å². The monoisotopic (exact) mass is 415 g/mol. The Labute approximate surface area is 174 Å². The van der Waals surface area contributed by atoms with E-state index in [1.165, 1.54) is 0 Å². The standard InChI is InChI=1S/C22H25NO5S/c1-4-15(2)27-28-21(24)12-9-17-7-10-18(11-8-17)25-14-19-16(3)26-22(23-19)20-6-5-13-29-20/h5-8,10-11,13,15H,4,9,12,14H2,1-3H3. The van der Waals surface area contributed by atoms with Gasteiger partial charge in [-0.05, 0) is 55.8 Å². The lowest BCUT2D eigenvalue weighted by molar-refractivity contribution is -0.294. The van der Waals surface area contributed by atoms with E-state index >= 15 is 0 Å². The zero-order valence-electron chi connectivity index (χ0n) is 16.8. The van der Waals surface area contributed by atoms with Gasteiger partial charge in [-0.25, -0.2) is 9.78 Å². The molecule has 0 aliphatic carbocycles. The highest BCUT2D eigenvalue weighted by Crippen LogP contribution is 2.26. The van der Waals surface area contributed by atoms with Crippen LogP contribution in [0, 0.1) is 6.92 Å². The molecular weight excluding hydrogens is 390 g/mol. The summed E-state index contributed by atoms with van der Waals surface area (Å²) in [5, 5.41) is 1.99. The Kier molecular flexibility index (Phi) is 7.43. The highest BCUT2D eigenvalue weighted by molar-refractivity contribution is 7.13. The zero-order valence-corrected chi connectivity index (χ0v) is 17.7. The number of ether oxygens (including phenoxy) is 1. The molecule has 3 rings (SSSR count). The van der Waals surface area contributed by atoms with Crippen molar-refractivity contribution in [2.45, 2.75) is 52.7 Å². The van der Waals surface area contributed by atoms with E-state index in [1.807, 2.05) is 62.5 Å². The first-order valence-corrected chi connectivity index (χ1v) is 10.5. The number of rotatable bonds is 10. The summed E-state index contributed by atoms with van der Waals surface area (Å²) in [6.07, 6.45) is 1.54. The van der Waals surface area contributed by atoms with Crippen molar-refractivity contribution in [2.75, 3.05) is 0 Å². The van der Waals surface area contributed by atoms with Gasteiger partial charge >= 0.3 is 5.97 Å². The maximum atomic E-state index is 11.7. The molecule has 0 bridgehead atoms. The molecule has 154 valence electrons. The number of hydrogen-bond acceptors (Lipinski definition) is 7. The third-order valence-corrected chi connectivity index (χ3v) is 5.28. The molecule has 0 spiro atoms. The number of benzene rings is 1. The summed E-state index contributed by atoms with van der Waals surface area (Å²) in [5.74, 6) is 1.74. The molecule has 0 saturated heterocycles. The minimum absolute atomic E-state index is 0.0925. The number of aryl methyl sites for hydroxylation is 2. The second-order valence-corrected chi connectivity index (χ2v) is 7.65. The van der Waals surface area contributed by atoms with Crippen LogP contribution in [0.4, 0.5) is 0 Å². The topological polar surface area (TPSA) is 70.8 Å². The quantitative estimate of drug-likeness (QED) is 0.322. The van der Waals surface area contributed by atoms with E-state index in [0.29, 0.717) is 18.9 Å². The molecule has 7 heteroatoms. The molecule has 1 aromatic carbocycles. The third-order valence-electron chi connectivity index (χ3n) is 4.42. The molecule has 1 atom stereocenters. The number of aromatic nitrogens is 1. The summed E-state index contributed by atoms with van der Waals surface area (Å²) < 4.78 is 11.6. The predicted molar refractivity (Wildman–Crippen MR) is 111 cm³/mol. The molecule has 6 nitrogen and oxygen atoms in total. The molecule has 0 radical (unpaired) electrons. The Morgan fingerprint density at radius 1 is 1.24 bits per heavy atom. The zero-order chi connectivity index (χ0) is 20.6. The third kappa shape index (κ3) is 6.17. The summed E-state index contributed by atoms with van der Waals surface area (Å²) >= 11 is 1.59.